The average Bonchev–Trinajstić information content (AvgIpc) is 3.69. The summed E-state index contributed by atoms with van der Waals surface area (Å²) in [6.07, 6.45) is 7.08. The molecule has 1 N–H and O–H groups in total. The number of carboxylic acids is 1. The molecule has 1 aromatic heterocycles. The van der Waals surface area contributed by atoms with E-state index < -0.39 is 27.9 Å². The molecular formula is C31H34ClN3O5S2. The largest absolute Gasteiger partial charge is 0.477 e. The summed E-state index contributed by atoms with van der Waals surface area (Å²) in [4.78, 5) is 31.2. The lowest BCUT2D eigenvalue weighted by Crippen LogP contribution is -2.60. The summed E-state index contributed by atoms with van der Waals surface area (Å²) < 4.78 is 29.0. The van der Waals surface area contributed by atoms with Gasteiger partial charge in [-0.25, -0.2) is 13.2 Å². The van der Waals surface area contributed by atoms with E-state index in [0.29, 0.717) is 15.6 Å². The Bertz CT molecular complexity index is 1560. The summed E-state index contributed by atoms with van der Waals surface area (Å²) in [5, 5.41) is 10.7. The van der Waals surface area contributed by atoms with Crippen molar-refractivity contribution in [2.24, 2.45) is 5.92 Å². The number of thiophene rings is 1. The van der Waals surface area contributed by atoms with Crippen molar-refractivity contribution in [1.29, 1.82) is 0 Å². The molecule has 3 heterocycles. The molecule has 2 aliphatic heterocycles. The first kappa shape index (κ1) is 29.2. The van der Waals surface area contributed by atoms with Crippen LogP contribution in [-0.2, 0) is 14.8 Å². The average molecular weight is 628 g/mol. The number of halogens is 1. The smallest absolute Gasteiger partial charge is 0.348 e. The molecular weight excluding hydrogens is 594 g/mol. The van der Waals surface area contributed by atoms with Gasteiger partial charge in [-0.2, -0.15) is 4.31 Å². The van der Waals surface area contributed by atoms with Crippen LogP contribution in [0.1, 0.15) is 54.6 Å². The van der Waals surface area contributed by atoms with Crippen LogP contribution in [0.3, 0.4) is 0 Å². The number of hydrogen-bond acceptors (Lipinski definition) is 6. The number of amides is 1. The van der Waals surface area contributed by atoms with Gasteiger partial charge >= 0.3 is 5.97 Å². The molecule has 0 radical (unpaired) electrons. The molecule has 1 aliphatic carbocycles. The van der Waals surface area contributed by atoms with Gasteiger partial charge in [0, 0.05) is 35.2 Å². The number of piperazine rings is 1. The minimum Gasteiger partial charge on any atom is -0.477 e. The number of carbonyl (C=O) groups excluding carboxylic acids is 1. The zero-order valence-corrected chi connectivity index (χ0v) is 25.6. The van der Waals surface area contributed by atoms with Gasteiger partial charge in [-0.3, -0.25) is 4.79 Å². The lowest BCUT2D eigenvalue weighted by Gasteiger charge is -2.44. The Morgan fingerprint density at radius 3 is 2.24 bits per heavy atom. The third kappa shape index (κ3) is 5.69. The van der Waals surface area contributed by atoms with Crippen LogP contribution in [0.15, 0.2) is 59.5 Å². The number of carbonyl (C=O) groups is 2. The van der Waals surface area contributed by atoms with E-state index in [0.717, 1.165) is 80.6 Å². The Morgan fingerprint density at radius 1 is 0.929 bits per heavy atom. The first-order chi connectivity index (χ1) is 20.2. The summed E-state index contributed by atoms with van der Waals surface area (Å²) in [6.45, 7) is 1.71. The number of carboxylic acid groups (broad SMARTS) is 1. The van der Waals surface area contributed by atoms with E-state index in [-0.39, 0.29) is 28.8 Å². The van der Waals surface area contributed by atoms with Crippen LogP contribution in [0.2, 0.25) is 5.02 Å². The Hall–Kier alpha value is -2.92. The molecule has 2 aromatic carbocycles. The second-order valence-electron chi connectivity index (χ2n) is 11.4. The van der Waals surface area contributed by atoms with Gasteiger partial charge in [0.1, 0.15) is 4.88 Å². The monoisotopic (exact) mass is 627 g/mol. The molecule has 2 saturated heterocycles. The number of nitrogens with zero attached hydrogens (tertiary/aromatic N) is 3. The summed E-state index contributed by atoms with van der Waals surface area (Å²) in [6, 6.07) is 15.4. The van der Waals surface area contributed by atoms with E-state index in [1.807, 2.05) is 24.3 Å². The predicted molar refractivity (Wildman–Crippen MR) is 166 cm³/mol. The first-order valence-electron chi connectivity index (χ1n) is 14.5. The molecule has 3 fully saturated rings. The normalized spacial score (nSPS) is 20.8. The third-order valence-corrected chi connectivity index (χ3v) is 12.0. The van der Waals surface area contributed by atoms with Crippen LogP contribution in [0.25, 0.3) is 10.4 Å². The predicted octanol–water partition coefficient (Wildman–Crippen LogP) is 6.35. The van der Waals surface area contributed by atoms with Gasteiger partial charge in [-0.15, -0.1) is 11.3 Å². The van der Waals surface area contributed by atoms with E-state index in [9.17, 15) is 23.1 Å². The van der Waals surface area contributed by atoms with E-state index in [1.165, 1.54) is 4.31 Å². The van der Waals surface area contributed by atoms with Crippen LogP contribution < -0.4 is 9.80 Å². The fraction of sp³-hybridized carbons (Fsp3) is 0.419. The third-order valence-electron chi connectivity index (χ3n) is 8.74. The molecule has 1 saturated carbocycles. The number of rotatable bonds is 7. The second-order valence-corrected chi connectivity index (χ2v) is 14.8. The van der Waals surface area contributed by atoms with Crippen molar-refractivity contribution in [1.82, 2.24) is 4.31 Å². The van der Waals surface area contributed by atoms with Gasteiger partial charge in [0.25, 0.3) is 0 Å². The molecule has 0 spiro atoms. The van der Waals surface area contributed by atoms with Crippen LogP contribution in [0.5, 0.6) is 0 Å². The lowest BCUT2D eigenvalue weighted by molar-refractivity contribution is -0.121. The van der Waals surface area contributed by atoms with Crippen LogP contribution in [0.4, 0.5) is 11.4 Å². The van der Waals surface area contributed by atoms with Crippen LogP contribution in [0, 0.1) is 5.92 Å². The fourth-order valence-electron chi connectivity index (χ4n) is 6.57. The summed E-state index contributed by atoms with van der Waals surface area (Å²) in [5.41, 5.74) is 2.14. The lowest BCUT2D eigenvalue weighted by atomic mass is 9.82. The minimum atomic E-state index is -3.94. The van der Waals surface area contributed by atoms with Crippen molar-refractivity contribution in [3.8, 4) is 10.4 Å². The zero-order valence-electron chi connectivity index (χ0n) is 23.2. The standard InChI is InChI=1S/C31H34ClN3O5S2/c32-23-10-8-22(9-11-23)28-18-26(30(41-28)31(37)38)35-27(21-6-2-1-3-7-21)19-34(20-29(35)36)42(39,40)25-14-12-24(13-15-25)33-16-4-5-17-33/h8-15,18,21,27H,1-7,16-17,19-20H2,(H,37,38). The van der Waals surface area contributed by atoms with E-state index in [4.69, 9.17) is 11.6 Å². The minimum absolute atomic E-state index is 0.0683. The highest BCUT2D eigenvalue weighted by Gasteiger charge is 2.44. The molecule has 3 aromatic rings. The van der Waals surface area contributed by atoms with E-state index >= 15 is 0 Å². The van der Waals surface area contributed by atoms with Gasteiger partial charge in [-0.05, 0) is 79.6 Å². The first-order valence-corrected chi connectivity index (χ1v) is 17.2. The Kier molecular flexibility index (Phi) is 8.33. The van der Waals surface area contributed by atoms with Crippen molar-refractivity contribution in [2.75, 3.05) is 36.0 Å². The highest BCUT2D eigenvalue weighted by Crippen LogP contribution is 2.42. The number of sulfonamides is 1. The van der Waals surface area contributed by atoms with Crippen LogP contribution >= 0.6 is 22.9 Å². The number of anilines is 2. The van der Waals surface area contributed by atoms with Gasteiger partial charge in [0.2, 0.25) is 15.9 Å². The number of hydrogen-bond donors (Lipinski definition) is 1. The molecule has 1 amide bonds. The molecule has 3 aliphatic rings. The summed E-state index contributed by atoms with van der Waals surface area (Å²) >= 11 is 7.18. The molecule has 6 rings (SSSR count). The van der Waals surface area contributed by atoms with Gasteiger partial charge in [-0.1, -0.05) is 43.0 Å². The van der Waals surface area contributed by atoms with Crippen molar-refractivity contribution < 1.29 is 23.1 Å². The molecule has 1 atom stereocenters. The zero-order chi connectivity index (χ0) is 29.4. The van der Waals surface area contributed by atoms with Crippen molar-refractivity contribution in [3.63, 3.8) is 0 Å². The maximum absolute atomic E-state index is 13.9. The van der Waals surface area contributed by atoms with E-state index in [1.54, 1.807) is 35.2 Å². The van der Waals surface area contributed by atoms with Crippen molar-refractivity contribution >= 4 is 56.2 Å². The second kappa shape index (κ2) is 12.0. The molecule has 222 valence electrons. The number of benzene rings is 2. The molecule has 1 unspecified atom stereocenters. The summed E-state index contributed by atoms with van der Waals surface area (Å²) in [5.74, 6) is -1.45. The van der Waals surface area contributed by atoms with Crippen LogP contribution in [-0.4, -0.2) is 61.9 Å². The quantitative estimate of drug-likeness (QED) is 0.328. The van der Waals surface area contributed by atoms with Gasteiger partial charge in [0.05, 0.1) is 23.2 Å². The fourth-order valence-corrected chi connectivity index (χ4v) is 9.09. The maximum atomic E-state index is 13.9. The Balaban J connectivity index is 1.34. The summed E-state index contributed by atoms with van der Waals surface area (Å²) in [7, 11) is -3.94. The topological polar surface area (TPSA) is 98.2 Å². The molecule has 42 heavy (non-hydrogen) atoms. The molecule has 0 bridgehead atoms. The maximum Gasteiger partial charge on any atom is 0.348 e. The SMILES string of the molecule is O=C(O)c1sc(-c2ccc(Cl)cc2)cc1N1C(=O)CN(S(=O)(=O)c2ccc(N3CCCC3)cc2)CC1C1CCCCC1. The Labute approximate surface area is 255 Å². The Morgan fingerprint density at radius 2 is 1.60 bits per heavy atom. The van der Waals surface area contributed by atoms with Crippen molar-refractivity contribution in [2.45, 2.75) is 55.9 Å². The molecule has 8 nitrogen and oxygen atoms in total. The van der Waals surface area contributed by atoms with E-state index in [2.05, 4.69) is 4.90 Å². The van der Waals surface area contributed by atoms with Gasteiger partial charge < -0.3 is 14.9 Å². The highest BCUT2D eigenvalue weighted by atomic mass is 35.5. The number of aromatic carboxylic acids is 1. The molecule has 11 heteroatoms. The van der Waals surface area contributed by atoms with Gasteiger partial charge in [0.15, 0.2) is 0 Å². The van der Waals surface area contributed by atoms with Crippen molar-refractivity contribution in [3.05, 3.63) is 64.5 Å². The highest BCUT2D eigenvalue weighted by molar-refractivity contribution is 7.89.